The third kappa shape index (κ3) is 3.86. The molecule has 1 atom stereocenters. The number of hydrogen-bond donors (Lipinski definition) is 1. The predicted octanol–water partition coefficient (Wildman–Crippen LogP) is 4.77. The van der Waals surface area contributed by atoms with Gasteiger partial charge in [-0.25, -0.2) is 0 Å². The van der Waals surface area contributed by atoms with Crippen molar-refractivity contribution in [2.24, 2.45) is 0 Å². The van der Waals surface area contributed by atoms with Crippen molar-refractivity contribution in [3.63, 3.8) is 0 Å². The summed E-state index contributed by atoms with van der Waals surface area (Å²) >= 11 is 12.2. The summed E-state index contributed by atoms with van der Waals surface area (Å²) in [5.74, 6) is -0.0812. The molecule has 0 spiro atoms. The molecule has 0 radical (unpaired) electrons. The average Bonchev–Trinajstić information content (AvgIpc) is 3.06. The molecular formula is C18H18Cl2N2O. The lowest BCUT2D eigenvalue weighted by atomic mass is 10.0. The van der Waals surface area contributed by atoms with Crippen LogP contribution in [0.1, 0.15) is 24.4 Å². The van der Waals surface area contributed by atoms with Crippen molar-refractivity contribution in [2.45, 2.75) is 18.9 Å². The summed E-state index contributed by atoms with van der Waals surface area (Å²) in [5.41, 5.74) is 1.54. The second kappa shape index (κ2) is 7.35. The number of rotatable bonds is 4. The van der Waals surface area contributed by atoms with Crippen molar-refractivity contribution in [3.8, 4) is 0 Å². The molecule has 1 aliphatic heterocycles. The summed E-state index contributed by atoms with van der Waals surface area (Å²) < 4.78 is 0. The molecule has 1 saturated heterocycles. The minimum absolute atomic E-state index is 0.0812. The van der Waals surface area contributed by atoms with Crippen LogP contribution in [0.2, 0.25) is 10.0 Å². The zero-order valence-corrected chi connectivity index (χ0v) is 14.1. The minimum atomic E-state index is -0.311. The molecule has 5 heteroatoms. The van der Waals surface area contributed by atoms with Crippen LogP contribution in [-0.2, 0) is 4.79 Å². The fourth-order valence-electron chi connectivity index (χ4n) is 2.96. The van der Waals surface area contributed by atoms with Gasteiger partial charge in [0.15, 0.2) is 0 Å². The van der Waals surface area contributed by atoms with Crippen LogP contribution >= 0.6 is 23.2 Å². The first-order chi connectivity index (χ1) is 11.1. The Hall–Kier alpha value is -1.55. The first-order valence-electron chi connectivity index (χ1n) is 7.70. The van der Waals surface area contributed by atoms with Gasteiger partial charge in [0.1, 0.15) is 6.04 Å². The van der Waals surface area contributed by atoms with E-state index in [1.54, 1.807) is 18.2 Å². The van der Waals surface area contributed by atoms with Crippen LogP contribution < -0.4 is 5.32 Å². The summed E-state index contributed by atoms with van der Waals surface area (Å²) in [7, 11) is 0. The highest BCUT2D eigenvalue weighted by atomic mass is 35.5. The average molecular weight is 349 g/mol. The highest BCUT2D eigenvalue weighted by molar-refractivity contribution is 6.35. The molecule has 23 heavy (non-hydrogen) atoms. The van der Waals surface area contributed by atoms with E-state index < -0.39 is 0 Å². The predicted molar refractivity (Wildman–Crippen MR) is 95.1 cm³/mol. The van der Waals surface area contributed by atoms with E-state index in [2.05, 4.69) is 10.2 Å². The maximum Gasteiger partial charge on any atom is 0.246 e. The second-order valence-corrected chi connectivity index (χ2v) is 6.51. The van der Waals surface area contributed by atoms with E-state index >= 15 is 0 Å². The number of likely N-dealkylation sites (tertiary alicyclic amines) is 1. The number of benzene rings is 2. The molecule has 3 nitrogen and oxygen atoms in total. The maximum atomic E-state index is 12.9. The molecule has 0 saturated carbocycles. The van der Waals surface area contributed by atoms with Gasteiger partial charge in [0, 0.05) is 5.02 Å². The minimum Gasteiger partial charge on any atom is -0.323 e. The first-order valence-corrected chi connectivity index (χ1v) is 8.45. The van der Waals surface area contributed by atoms with Crippen molar-refractivity contribution in [3.05, 3.63) is 64.1 Å². The van der Waals surface area contributed by atoms with Gasteiger partial charge < -0.3 is 5.32 Å². The maximum absolute atomic E-state index is 12.9. The SMILES string of the molecule is O=C(Nc1cc(Cl)ccc1Cl)C(c1ccccc1)N1CCCC1. The molecule has 1 unspecified atom stereocenters. The Bertz CT molecular complexity index is 685. The lowest BCUT2D eigenvalue weighted by molar-refractivity contribution is -0.121. The highest BCUT2D eigenvalue weighted by Gasteiger charge is 2.29. The van der Waals surface area contributed by atoms with Gasteiger partial charge >= 0.3 is 0 Å². The monoisotopic (exact) mass is 348 g/mol. The van der Waals surface area contributed by atoms with Crippen LogP contribution in [0, 0.1) is 0 Å². The largest absolute Gasteiger partial charge is 0.323 e. The van der Waals surface area contributed by atoms with Gasteiger partial charge in [-0.15, -0.1) is 0 Å². The number of hydrogen-bond acceptors (Lipinski definition) is 2. The Labute approximate surface area is 146 Å². The van der Waals surface area contributed by atoms with Gasteiger partial charge in [0.25, 0.3) is 0 Å². The zero-order chi connectivity index (χ0) is 16.2. The molecule has 0 aliphatic carbocycles. The van der Waals surface area contributed by atoms with E-state index in [0.29, 0.717) is 15.7 Å². The number of carbonyl (C=O) groups is 1. The van der Waals surface area contributed by atoms with Crippen molar-refractivity contribution < 1.29 is 4.79 Å². The smallest absolute Gasteiger partial charge is 0.246 e. The summed E-state index contributed by atoms with van der Waals surface area (Å²) in [4.78, 5) is 15.1. The van der Waals surface area contributed by atoms with Gasteiger partial charge in [0.2, 0.25) is 5.91 Å². The molecule has 1 N–H and O–H groups in total. The number of nitrogens with zero attached hydrogens (tertiary/aromatic N) is 1. The fraction of sp³-hybridized carbons (Fsp3) is 0.278. The quantitative estimate of drug-likeness (QED) is 0.862. The number of carbonyl (C=O) groups excluding carboxylic acids is 1. The molecule has 120 valence electrons. The van der Waals surface area contributed by atoms with E-state index in [1.165, 1.54) is 0 Å². The highest BCUT2D eigenvalue weighted by Crippen LogP contribution is 2.30. The molecule has 1 heterocycles. The summed E-state index contributed by atoms with van der Waals surface area (Å²) in [6, 6.07) is 14.6. The molecular weight excluding hydrogens is 331 g/mol. The Kier molecular flexibility index (Phi) is 5.21. The third-order valence-electron chi connectivity index (χ3n) is 4.06. The van der Waals surface area contributed by atoms with Gasteiger partial charge in [0.05, 0.1) is 10.7 Å². The fourth-order valence-corrected chi connectivity index (χ4v) is 3.29. The number of amides is 1. The van der Waals surface area contributed by atoms with Crippen molar-refractivity contribution in [1.29, 1.82) is 0 Å². The van der Waals surface area contributed by atoms with Crippen LogP contribution in [-0.4, -0.2) is 23.9 Å². The number of halogens is 2. The molecule has 1 fully saturated rings. The summed E-state index contributed by atoms with van der Waals surface area (Å²) in [6.07, 6.45) is 2.24. The molecule has 1 amide bonds. The van der Waals surface area contributed by atoms with Crippen LogP contribution in [0.4, 0.5) is 5.69 Å². The molecule has 3 rings (SSSR count). The third-order valence-corrected chi connectivity index (χ3v) is 4.62. The Morgan fingerprint density at radius 2 is 1.74 bits per heavy atom. The second-order valence-electron chi connectivity index (χ2n) is 5.67. The molecule has 0 bridgehead atoms. The van der Waals surface area contributed by atoms with Crippen LogP contribution in [0.15, 0.2) is 48.5 Å². The Morgan fingerprint density at radius 3 is 2.43 bits per heavy atom. The Morgan fingerprint density at radius 1 is 1.04 bits per heavy atom. The Balaban J connectivity index is 1.87. The molecule has 2 aromatic rings. The lowest BCUT2D eigenvalue weighted by Crippen LogP contribution is -2.35. The topological polar surface area (TPSA) is 32.3 Å². The summed E-state index contributed by atoms with van der Waals surface area (Å²) in [6.45, 7) is 1.85. The summed E-state index contributed by atoms with van der Waals surface area (Å²) in [5, 5.41) is 3.96. The molecule has 1 aliphatic rings. The van der Waals surface area contributed by atoms with E-state index in [4.69, 9.17) is 23.2 Å². The van der Waals surface area contributed by atoms with Crippen molar-refractivity contribution in [2.75, 3.05) is 18.4 Å². The van der Waals surface area contributed by atoms with E-state index in [-0.39, 0.29) is 11.9 Å². The van der Waals surface area contributed by atoms with Crippen molar-refractivity contribution >= 4 is 34.8 Å². The lowest BCUT2D eigenvalue weighted by Gasteiger charge is -2.27. The molecule has 0 aromatic heterocycles. The molecule has 2 aromatic carbocycles. The zero-order valence-electron chi connectivity index (χ0n) is 12.6. The van der Waals surface area contributed by atoms with Crippen LogP contribution in [0.3, 0.4) is 0 Å². The number of anilines is 1. The van der Waals surface area contributed by atoms with Crippen LogP contribution in [0.25, 0.3) is 0 Å². The first kappa shape index (κ1) is 16.3. The number of nitrogens with one attached hydrogen (secondary N) is 1. The van der Waals surface area contributed by atoms with E-state index in [9.17, 15) is 4.79 Å². The standard InChI is InChI=1S/C18H18Cl2N2O/c19-14-8-9-15(20)16(12-14)21-18(23)17(22-10-4-5-11-22)13-6-2-1-3-7-13/h1-3,6-9,12,17H,4-5,10-11H2,(H,21,23). The van der Waals surface area contributed by atoms with Gasteiger partial charge in [-0.1, -0.05) is 53.5 Å². The van der Waals surface area contributed by atoms with Gasteiger partial charge in [-0.2, -0.15) is 0 Å². The van der Waals surface area contributed by atoms with Gasteiger partial charge in [-0.05, 0) is 49.7 Å². The van der Waals surface area contributed by atoms with Gasteiger partial charge in [-0.3, -0.25) is 9.69 Å². The van der Waals surface area contributed by atoms with E-state index in [1.807, 2.05) is 30.3 Å². The normalized spacial score (nSPS) is 16.3. The van der Waals surface area contributed by atoms with Crippen molar-refractivity contribution in [1.82, 2.24) is 4.90 Å². The van der Waals surface area contributed by atoms with E-state index in [0.717, 1.165) is 31.5 Å². The van der Waals surface area contributed by atoms with Crippen LogP contribution in [0.5, 0.6) is 0 Å².